The van der Waals surface area contributed by atoms with Crippen LogP contribution < -0.4 is 0 Å². The Morgan fingerprint density at radius 1 is 0.492 bits per heavy atom. The number of aliphatic imine (C=N–C) groups is 1. The van der Waals surface area contributed by atoms with Crippen molar-refractivity contribution in [1.29, 1.82) is 0 Å². The topological polar surface area (TPSA) is 12.4 Å². The Labute approximate surface area is 370 Å². The molecule has 300 valence electrons. The largest absolute Gasteiger partial charge is 0.280 e. The van der Waals surface area contributed by atoms with Crippen LogP contribution in [0.3, 0.4) is 0 Å². The zero-order chi connectivity index (χ0) is 42.7. The quantitative estimate of drug-likeness (QED) is 0.0565. The fourth-order valence-corrected chi connectivity index (χ4v) is 9.37. The standard InChI is InChI=1S/C62H47N/c1-4-6-20-44(5-2)46-24-18-25-49(38-46)60(36-42(3)59-40-48-23-9-10-27-52(48)53-28-11-12-29-54(53)59)63-41-43-19-17-26-50(37-43)61-55-30-13-15-32-57(55)62(58-33-16-14-31-56(58)61)51-35-34-45-21-7-8-22-47(45)39-51/h4-40H,1,41H2,2-3H3/b20-6-,42-36+,44-5+,63-60?. The van der Waals surface area contributed by atoms with E-state index in [4.69, 9.17) is 4.99 Å². The number of nitrogens with zero attached hydrogens (tertiary/aromatic N) is 1. The SMILES string of the molecule is C=C/C=C\C(=C/C)c1cccc(C(/C=C(\C)c2cc3ccccc3c3ccccc23)=NCc2cccc(-c3c4ccccc4c(-c4ccc5ccccc5c4)c4ccccc34)c2)c1. The number of fused-ring (bicyclic) bond motifs is 6. The molecule has 0 aromatic heterocycles. The first-order chi connectivity index (χ1) is 31.1. The van der Waals surface area contributed by atoms with Crippen LogP contribution in [0.1, 0.15) is 36.1 Å². The number of hydrogen-bond acceptors (Lipinski definition) is 1. The van der Waals surface area contributed by atoms with Gasteiger partial charge in [0.2, 0.25) is 0 Å². The summed E-state index contributed by atoms with van der Waals surface area (Å²) in [6.07, 6.45) is 10.3. The molecule has 0 bridgehead atoms. The molecule has 0 spiro atoms. The van der Waals surface area contributed by atoms with Crippen LogP contribution in [0, 0.1) is 0 Å². The highest BCUT2D eigenvalue weighted by Crippen LogP contribution is 2.44. The molecule has 0 heterocycles. The van der Waals surface area contributed by atoms with Crippen molar-refractivity contribution in [2.45, 2.75) is 20.4 Å². The fraction of sp³-hybridized carbons (Fsp3) is 0.0484. The van der Waals surface area contributed by atoms with E-state index in [1.807, 2.05) is 12.2 Å². The highest BCUT2D eigenvalue weighted by Gasteiger charge is 2.17. The minimum Gasteiger partial charge on any atom is -0.280 e. The predicted octanol–water partition coefficient (Wildman–Crippen LogP) is 17.0. The van der Waals surface area contributed by atoms with Crippen LogP contribution in [-0.2, 0) is 6.54 Å². The smallest absolute Gasteiger partial charge is 0.0653 e. The maximum absolute atomic E-state index is 5.49. The second kappa shape index (κ2) is 17.2. The Bertz CT molecular complexity index is 3460. The van der Waals surface area contributed by atoms with Crippen LogP contribution in [0.15, 0.2) is 236 Å². The van der Waals surface area contributed by atoms with Crippen molar-refractivity contribution in [1.82, 2.24) is 0 Å². The maximum Gasteiger partial charge on any atom is 0.0653 e. The highest BCUT2D eigenvalue weighted by atomic mass is 14.7. The van der Waals surface area contributed by atoms with Gasteiger partial charge in [0, 0.05) is 5.56 Å². The highest BCUT2D eigenvalue weighted by molar-refractivity contribution is 6.22. The van der Waals surface area contributed by atoms with E-state index < -0.39 is 0 Å². The average molecular weight is 806 g/mol. The van der Waals surface area contributed by atoms with Gasteiger partial charge in [-0.1, -0.05) is 201 Å². The van der Waals surface area contributed by atoms with Crippen molar-refractivity contribution in [3.8, 4) is 22.3 Å². The van der Waals surface area contributed by atoms with E-state index in [0.717, 1.165) is 33.5 Å². The zero-order valence-corrected chi connectivity index (χ0v) is 35.7. The first-order valence-electron chi connectivity index (χ1n) is 21.8. The number of hydrogen-bond donors (Lipinski definition) is 0. The summed E-state index contributed by atoms with van der Waals surface area (Å²) in [5.41, 5.74) is 12.7. The molecule has 0 aliphatic rings. The lowest BCUT2D eigenvalue weighted by Crippen LogP contribution is -2.01. The van der Waals surface area contributed by atoms with E-state index in [1.165, 1.54) is 81.7 Å². The van der Waals surface area contributed by atoms with E-state index in [9.17, 15) is 0 Å². The van der Waals surface area contributed by atoms with Gasteiger partial charge in [-0.05, 0) is 148 Å². The van der Waals surface area contributed by atoms with Gasteiger partial charge >= 0.3 is 0 Å². The van der Waals surface area contributed by atoms with E-state index in [-0.39, 0.29) is 0 Å². The second-order valence-electron chi connectivity index (χ2n) is 16.2. The summed E-state index contributed by atoms with van der Waals surface area (Å²) in [6.45, 7) is 8.72. The monoisotopic (exact) mass is 805 g/mol. The van der Waals surface area contributed by atoms with Crippen molar-refractivity contribution in [3.05, 3.63) is 253 Å². The minimum atomic E-state index is 0.521. The van der Waals surface area contributed by atoms with E-state index in [2.05, 4.69) is 233 Å². The van der Waals surface area contributed by atoms with Gasteiger partial charge in [0.1, 0.15) is 0 Å². The summed E-state index contributed by atoms with van der Waals surface area (Å²) in [4.78, 5) is 5.49. The molecule has 10 rings (SSSR count). The Hall–Kier alpha value is -7.87. The van der Waals surface area contributed by atoms with Crippen molar-refractivity contribution >= 4 is 70.7 Å². The van der Waals surface area contributed by atoms with E-state index >= 15 is 0 Å². The molecular formula is C62H47N. The summed E-state index contributed by atoms with van der Waals surface area (Å²) in [5, 5.41) is 12.5. The molecule has 0 saturated heterocycles. The molecule has 0 aliphatic heterocycles. The molecule has 10 aromatic carbocycles. The van der Waals surface area contributed by atoms with Crippen molar-refractivity contribution in [3.63, 3.8) is 0 Å². The third-order valence-electron chi connectivity index (χ3n) is 12.4. The second-order valence-corrected chi connectivity index (χ2v) is 16.2. The Morgan fingerprint density at radius 3 is 1.75 bits per heavy atom. The van der Waals surface area contributed by atoms with Crippen LogP contribution in [-0.4, -0.2) is 5.71 Å². The molecule has 0 saturated carbocycles. The molecule has 0 radical (unpaired) electrons. The minimum absolute atomic E-state index is 0.521. The molecule has 1 nitrogen and oxygen atoms in total. The molecule has 63 heavy (non-hydrogen) atoms. The predicted molar refractivity (Wildman–Crippen MR) is 275 cm³/mol. The molecule has 0 fully saturated rings. The summed E-state index contributed by atoms with van der Waals surface area (Å²) >= 11 is 0. The van der Waals surface area contributed by atoms with E-state index in [1.54, 1.807) is 0 Å². The Morgan fingerprint density at radius 2 is 1.06 bits per heavy atom. The Kier molecular flexibility index (Phi) is 10.8. The lowest BCUT2D eigenvalue weighted by molar-refractivity contribution is 1.07. The average Bonchev–Trinajstić information content (AvgIpc) is 3.34. The summed E-state index contributed by atoms with van der Waals surface area (Å²) in [6, 6.07) is 70.8. The van der Waals surface area contributed by atoms with Gasteiger partial charge in [-0.3, -0.25) is 4.99 Å². The first kappa shape index (κ1) is 39.3. The molecule has 0 atom stereocenters. The van der Waals surface area contributed by atoms with Crippen molar-refractivity contribution in [2.24, 2.45) is 4.99 Å². The lowest BCUT2D eigenvalue weighted by Gasteiger charge is -2.18. The van der Waals surface area contributed by atoms with Gasteiger partial charge in [-0.25, -0.2) is 0 Å². The fourth-order valence-electron chi connectivity index (χ4n) is 9.37. The van der Waals surface area contributed by atoms with Crippen LogP contribution in [0.2, 0.25) is 0 Å². The van der Waals surface area contributed by atoms with Crippen LogP contribution in [0.5, 0.6) is 0 Å². The van der Waals surface area contributed by atoms with E-state index in [0.29, 0.717) is 6.54 Å². The normalized spacial score (nSPS) is 12.6. The van der Waals surface area contributed by atoms with Gasteiger partial charge in [0.05, 0.1) is 12.3 Å². The van der Waals surface area contributed by atoms with Gasteiger partial charge < -0.3 is 0 Å². The molecule has 0 aliphatic carbocycles. The van der Waals surface area contributed by atoms with Crippen LogP contribution in [0.4, 0.5) is 0 Å². The lowest BCUT2D eigenvalue weighted by atomic mass is 9.85. The van der Waals surface area contributed by atoms with Crippen molar-refractivity contribution in [2.75, 3.05) is 0 Å². The van der Waals surface area contributed by atoms with Crippen molar-refractivity contribution < 1.29 is 0 Å². The maximum atomic E-state index is 5.49. The summed E-state index contributed by atoms with van der Waals surface area (Å²) in [7, 11) is 0. The van der Waals surface area contributed by atoms with Gasteiger partial charge in [-0.15, -0.1) is 0 Å². The van der Waals surface area contributed by atoms with Gasteiger partial charge in [-0.2, -0.15) is 0 Å². The number of benzene rings is 10. The number of allylic oxidation sites excluding steroid dienone is 7. The molecule has 0 amide bonds. The van der Waals surface area contributed by atoms with Gasteiger partial charge in [0.15, 0.2) is 0 Å². The number of rotatable bonds is 10. The first-order valence-corrected chi connectivity index (χ1v) is 21.8. The zero-order valence-electron chi connectivity index (χ0n) is 35.7. The molecule has 0 N–H and O–H groups in total. The van der Waals surface area contributed by atoms with Crippen LogP contribution >= 0.6 is 0 Å². The third kappa shape index (κ3) is 7.60. The molecule has 0 unspecified atom stereocenters. The molecule has 10 aromatic rings. The summed E-state index contributed by atoms with van der Waals surface area (Å²) in [5.74, 6) is 0. The summed E-state index contributed by atoms with van der Waals surface area (Å²) < 4.78 is 0. The van der Waals surface area contributed by atoms with Gasteiger partial charge in [0.25, 0.3) is 0 Å². The molecule has 1 heteroatoms. The Balaban J connectivity index is 1.10. The third-order valence-corrected chi connectivity index (χ3v) is 12.4. The molecular weight excluding hydrogens is 759 g/mol. The van der Waals surface area contributed by atoms with Crippen LogP contribution in [0.25, 0.3) is 87.3 Å².